The van der Waals surface area contributed by atoms with Gasteiger partial charge in [-0.3, -0.25) is 4.79 Å². The van der Waals surface area contributed by atoms with Crippen molar-refractivity contribution >= 4 is 32.9 Å². The van der Waals surface area contributed by atoms with E-state index in [4.69, 9.17) is 4.74 Å². The molecule has 0 heterocycles. The van der Waals surface area contributed by atoms with Crippen LogP contribution in [0.3, 0.4) is 0 Å². The molecule has 0 aliphatic carbocycles. The van der Waals surface area contributed by atoms with Gasteiger partial charge in [-0.25, -0.2) is 17.7 Å². The van der Waals surface area contributed by atoms with Crippen molar-refractivity contribution in [3.05, 3.63) is 33.8 Å². The smallest absolute Gasteiger partial charge is 0.308 e. The molecule has 24 heavy (non-hydrogen) atoms. The Labute approximate surface area is 152 Å². The first-order valence-corrected chi connectivity index (χ1v) is 9.35. The zero-order chi connectivity index (χ0) is 18.7. The number of rotatable bonds is 6. The summed E-state index contributed by atoms with van der Waals surface area (Å²) in [5.74, 6) is -2.16. The predicted octanol–water partition coefficient (Wildman–Crippen LogP) is 3.95. The number of nitrogens with one attached hydrogen (secondary N) is 1. The van der Waals surface area contributed by atoms with Crippen molar-refractivity contribution < 1.29 is 22.5 Å². The summed E-state index contributed by atoms with van der Waals surface area (Å²) in [4.78, 5) is 12.0. The van der Waals surface area contributed by atoms with E-state index in [0.717, 1.165) is 6.07 Å². The summed E-state index contributed by atoms with van der Waals surface area (Å²) in [6.45, 7) is 8.61. The Morgan fingerprint density at radius 1 is 1.25 bits per heavy atom. The van der Waals surface area contributed by atoms with Crippen LogP contribution < -0.4 is 4.72 Å². The molecule has 0 spiro atoms. The lowest BCUT2D eigenvalue weighted by Crippen LogP contribution is -2.48. The number of carbonyl (C=O) groups is 1. The second kappa shape index (κ2) is 8.01. The van der Waals surface area contributed by atoms with E-state index in [1.807, 2.05) is 0 Å². The monoisotopic (exact) mass is 425 g/mol. The van der Waals surface area contributed by atoms with Gasteiger partial charge in [0.1, 0.15) is 11.6 Å². The first kappa shape index (κ1) is 21.2. The fourth-order valence-corrected chi connectivity index (χ4v) is 3.23. The Bertz CT molecular complexity index is 649. The molecule has 2 atom stereocenters. The molecule has 0 aromatic heterocycles. The van der Waals surface area contributed by atoms with Gasteiger partial charge >= 0.3 is 5.97 Å². The minimum absolute atomic E-state index is 0.0291. The molecule has 0 radical (unpaired) electrons. The number of carbonyl (C=O) groups excluding carboxylic acids is 1. The van der Waals surface area contributed by atoms with Gasteiger partial charge in [-0.05, 0) is 56.6 Å². The molecule has 0 amide bonds. The van der Waals surface area contributed by atoms with E-state index in [1.165, 1.54) is 13.0 Å². The minimum Gasteiger partial charge on any atom is -0.466 e. The summed E-state index contributed by atoms with van der Waals surface area (Å²) in [6.07, 6.45) is -0.252. The van der Waals surface area contributed by atoms with E-state index < -0.39 is 38.9 Å². The summed E-state index contributed by atoms with van der Waals surface area (Å²) < 4.78 is 47.5. The van der Waals surface area contributed by atoms with Crippen molar-refractivity contribution in [2.24, 2.45) is 0 Å². The second-order valence-electron chi connectivity index (χ2n) is 6.54. The number of ether oxygens (including phenoxy) is 1. The average molecular weight is 426 g/mol. The molecular weight excluding hydrogens is 404 g/mol. The van der Waals surface area contributed by atoms with Crippen LogP contribution in [0.1, 0.15) is 46.6 Å². The molecule has 0 aliphatic rings. The third kappa shape index (κ3) is 5.32. The van der Waals surface area contributed by atoms with Gasteiger partial charge in [0.2, 0.25) is 0 Å². The fraction of sp³-hybridized carbons (Fsp3) is 0.562. The van der Waals surface area contributed by atoms with Crippen molar-refractivity contribution in [1.29, 1.82) is 0 Å². The quantitative estimate of drug-likeness (QED) is 0.554. The van der Waals surface area contributed by atoms with E-state index in [9.17, 15) is 17.8 Å². The maximum Gasteiger partial charge on any atom is 0.308 e. The van der Waals surface area contributed by atoms with E-state index in [-0.39, 0.29) is 23.1 Å². The van der Waals surface area contributed by atoms with Crippen LogP contribution in [0.25, 0.3) is 0 Å². The minimum atomic E-state index is -1.58. The lowest BCUT2D eigenvalue weighted by atomic mass is 9.89. The number of halogens is 3. The Morgan fingerprint density at radius 2 is 1.83 bits per heavy atom. The van der Waals surface area contributed by atoms with E-state index >= 15 is 0 Å². The van der Waals surface area contributed by atoms with E-state index in [2.05, 4.69) is 20.7 Å². The predicted molar refractivity (Wildman–Crippen MR) is 93.7 cm³/mol. The molecule has 8 heteroatoms. The molecule has 0 aliphatic heterocycles. The molecule has 0 unspecified atom stereocenters. The first-order chi connectivity index (χ1) is 10.9. The third-order valence-electron chi connectivity index (χ3n) is 3.28. The molecule has 0 saturated heterocycles. The van der Waals surface area contributed by atoms with Crippen LogP contribution in [0.2, 0.25) is 0 Å². The third-order valence-corrected chi connectivity index (χ3v) is 5.64. The highest BCUT2D eigenvalue weighted by Crippen LogP contribution is 2.32. The fourth-order valence-electron chi connectivity index (χ4n) is 1.99. The van der Waals surface area contributed by atoms with E-state index in [1.54, 1.807) is 27.7 Å². The molecule has 0 bridgehead atoms. The number of hydrogen-bond acceptors (Lipinski definition) is 3. The van der Waals surface area contributed by atoms with Gasteiger partial charge in [0, 0.05) is 11.6 Å². The van der Waals surface area contributed by atoms with Crippen molar-refractivity contribution in [3.8, 4) is 0 Å². The van der Waals surface area contributed by atoms with Gasteiger partial charge in [-0.15, -0.1) is 0 Å². The standard InChI is InChI=1S/C16H22BrF2NO3S/c1-6-23-14(21)9-16(5,20-24(22)15(2,3)4)10-7-11(17)13(19)8-12(10)18/h7-8,20H,6,9H2,1-5H3/t16-,24+/m0/s1. The summed E-state index contributed by atoms with van der Waals surface area (Å²) >= 11 is 3.01. The second-order valence-corrected chi connectivity index (χ2v) is 9.36. The zero-order valence-electron chi connectivity index (χ0n) is 14.3. The van der Waals surface area contributed by atoms with Crippen molar-refractivity contribution in [1.82, 2.24) is 4.72 Å². The molecular formula is C16H22BrF2NO3S. The number of hydrogen-bond donors (Lipinski definition) is 1. The molecule has 1 aromatic rings. The number of esters is 1. The van der Waals surface area contributed by atoms with Crippen LogP contribution in [-0.4, -0.2) is 21.5 Å². The van der Waals surface area contributed by atoms with Crippen LogP contribution in [0.4, 0.5) is 8.78 Å². The highest BCUT2D eigenvalue weighted by molar-refractivity contribution is 9.10. The van der Waals surface area contributed by atoms with Gasteiger partial charge in [0.25, 0.3) is 0 Å². The van der Waals surface area contributed by atoms with Gasteiger partial charge in [-0.2, -0.15) is 0 Å². The van der Waals surface area contributed by atoms with Crippen molar-refractivity contribution in [2.45, 2.75) is 51.3 Å². The topological polar surface area (TPSA) is 55.4 Å². The largest absolute Gasteiger partial charge is 0.466 e. The van der Waals surface area contributed by atoms with E-state index in [0.29, 0.717) is 0 Å². The molecule has 1 aromatic carbocycles. The van der Waals surface area contributed by atoms with Crippen LogP contribution >= 0.6 is 15.9 Å². The lowest BCUT2D eigenvalue weighted by Gasteiger charge is -2.33. The Kier molecular flexibility index (Phi) is 7.07. The van der Waals surface area contributed by atoms with Gasteiger partial charge in [0.05, 0.1) is 38.8 Å². The first-order valence-electron chi connectivity index (χ1n) is 7.41. The molecule has 1 N–H and O–H groups in total. The summed E-state index contributed by atoms with van der Waals surface area (Å²) in [6, 6.07) is 1.97. The summed E-state index contributed by atoms with van der Waals surface area (Å²) in [7, 11) is -1.58. The van der Waals surface area contributed by atoms with Crippen molar-refractivity contribution in [2.75, 3.05) is 6.61 Å². The Balaban J connectivity index is 3.35. The van der Waals surface area contributed by atoms with Gasteiger partial charge < -0.3 is 4.74 Å². The molecule has 136 valence electrons. The maximum atomic E-state index is 14.4. The van der Waals surface area contributed by atoms with Crippen LogP contribution in [-0.2, 0) is 26.1 Å². The highest BCUT2D eigenvalue weighted by atomic mass is 79.9. The lowest BCUT2D eigenvalue weighted by molar-refractivity contribution is -0.144. The van der Waals surface area contributed by atoms with Gasteiger partial charge in [-0.1, -0.05) is 0 Å². The van der Waals surface area contributed by atoms with Crippen LogP contribution in [0.15, 0.2) is 16.6 Å². The molecule has 4 nitrogen and oxygen atoms in total. The molecule has 0 saturated carbocycles. The van der Waals surface area contributed by atoms with Gasteiger partial charge in [0.15, 0.2) is 0 Å². The van der Waals surface area contributed by atoms with Crippen LogP contribution in [0, 0.1) is 11.6 Å². The zero-order valence-corrected chi connectivity index (χ0v) is 16.7. The summed E-state index contributed by atoms with van der Waals surface area (Å²) in [5.41, 5.74) is -1.30. The Morgan fingerprint density at radius 3 is 2.33 bits per heavy atom. The normalized spacial score (nSPS) is 15.7. The van der Waals surface area contributed by atoms with Crippen molar-refractivity contribution in [3.63, 3.8) is 0 Å². The maximum absolute atomic E-state index is 14.4. The number of benzene rings is 1. The highest BCUT2D eigenvalue weighted by Gasteiger charge is 2.37. The van der Waals surface area contributed by atoms with Crippen LogP contribution in [0.5, 0.6) is 0 Å². The molecule has 1 rings (SSSR count). The summed E-state index contributed by atoms with van der Waals surface area (Å²) in [5, 5.41) is 0. The molecule has 0 fully saturated rings. The average Bonchev–Trinajstić information content (AvgIpc) is 2.41. The SMILES string of the molecule is CCOC(=O)C[C@](C)(N[S@](=O)C(C)(C)C)c1cc(Br)c(F)cc1F. The Hall–Kier alpha value is -0.860.